The van der Waals surface area contributed by atoms with E-state index in [1.807, 2.05) is 0 Å². The van der Waals surface area contributed by atoms with Gasteiger partial charge in [-0.15, -0.1) is 0 Å². The number of amidine groups is 1. The van der Waals surface area contributed by atoms with Crippen LogP contribution in [0.15, 0.2) is 0 Å². The topological polar surface area (TPSA) is 49.9 Å². The minimum absolute atomic E-state index is 0.294. The van der Waals surface area contributed by atoms with Gasteiger partial charge in [-0.2, -0.15) is 0 Å². The molecule has 3 rings (SSSR count). The molecule has 0 saturated heterocycles. The highest BCUT2D eigenvalue weighted by molar-refractivity contribution is 5.80. The van der Waals surface area contributed by atoms with Crippen LogP contribution in [0, 0.1) is 45.3 Å². The van der Waals surface area contributed by atoms with Gasteiger partial charge in [-0.3, -0.25) is 5.41 Å². The number of fused-ring (bicyclic) bond motifs is 3. The zero-order valence-corrected chi connectivity index (χ0v) is 16.8. The fourth-order valence-corrected chi connectivity index (χ4v) is 8.01. The lowest BCUT2D eigenvalue weighted by Crippen LogP contribution is -2.58. The monoisotopic (exact) mass is 332 g/mol. The second kappa shape index (κ2) is 6.02. The molecule has 3 saturated carbocycles. The van der Waals surface area contributed by atoms with E-state index >= 15 is 0 Å². The first kappa shape index (κ1) is 18.3. The Labute approximate surface area is 149 Å². The Balaban J connectivity index is 1.98. The molecule has 0 aromatic rings. The Morgan fingerprint density at radius 1 is 1.00 bits per heavy atom. The van der Waals surface area contributed by atoms with Crippen LogP contribution in [-0.2, 0) is 0 Å². The van der Waals surface area contributed by atoms with Crippen LogP contribution in [-0.4, -0.2) is 5.84 Å². The summed E-state index contributed by atoms with van der Waals surface area (Å²) in [5, 5.41) is 8.10. The van der Waals surface area contributed by atoms with Crippen molar-refractivity contribution in [3.63, 3.8) is 0 Å². The summed E-state index contributed by atoms with van der Waals surface area (Å²) in [6.45, 7) is 12.5. The zero-order valence-electron chi connectivity index (χ0n) is 16.8. The van der Waals surface area contributed by atoms with Crippen molar-refractivity contribution in [3.8, 4) is 0 Å². The largest absolute Gasteiger partial charge is 0.387 e. The van der Waals surface area contributed by atoms with Crippen molar-refractivity contribution in [2.75, 3.05) is 0 Å². The van der Waals surface area contributed by atoms with Crippen molar-refractivity contribution >= 4 is 5.84 Å². The number of nitrogens with two attached hydrogens (primary N) is 1. The van der Waals surface area contributed by atoms with Gasteiger partial charge in [0, 0.05) is 5.92 Å². The fraction of sp³-hybridized carbons (Fsp3) is 0.955. The third-order valence-corrected chi connectivity index (χ3v) is 9.57. The lowest BCUT2D eigenvalue weighted by atomic mass is 9.39. The predicted octanol–water partition coefficient (Wildman–Crippen LogP) is 6.00. The van der Waals surface area contributed by atoms with Crippen molar-refractivity contribution in [3.05, 3.63) is 0 Å². The molecule has 0 aliphatic heterocycles. The SMILES string of the molecule is CCCC1(C)C(CC)CCC2C3CCC(C(=N)N)C3(C)CCC21C. The average Bonchev–Trinajstić information content (AvgIpc) is 2.87. The summed E-state index contributed by atoms with van der Waals surface area (Å²) >= 11 is 0. The molecule has 7 unspecified atom stereocenters. The quantitative estimate of drug-likeness (QED) is 0.481. The van der Waals surface area contributed by atoms with Gasteiger partial charge in [-0.25, -0.2) is 0 Å². The minimum Gasteiger partial charge on any atom is -0.387 e. The molecular formula is C22H40N2. The third-order valence-electron chi connectivity index (χ3n) is 9.57. The van der Waals surface area contributed by atoms with Crippen molar-refractivity contribution in [1.82, 2.24) is 0 Å². The number of nitrogens with one attached hydrogen (secondary N) is 1. The molecule has 2 heteroatoms. The summed E-state index contributed by atoms with van der Waals surface area (Å²) in [5.41, 5.74) is 7.29. The Morgan fingerprint density at radius 2 is 1.67 bits per heavy atom. The Hall–Kier alpha value is -0.530. The molecule has 0 aromatic heterocycles. The summed E-state index contributed by atoms with van der Waals surface area (Å²) in [4.78, 5) is 0. The lowest BCUT2D eigenvalue weighted by Gasteiger charge is -2.65. The van der Waals surface area contributed by atoms with Crippen molar-refractivity contribution in [2.24, 2.45) is 45.7 Å². The normalized spacial score (nSPS) is 51.0. The Morgan fingerprint density at radius 3 is 2.25 bits per heavy atom. The highest BCUT2D eigenvalue weighted by atomic mass is 14.8. The number of hydrogen-bond donors (Lipinski definition) is 2. The van der Waals surface area contributed by atoms with Gasteiger partial charge in [-0.1, -0.05) is 47.5 Å². The molecule has 0 heterocycles. The van der Waals surface area contributed by atoms with E-state index < -0.39 is 0 Å². The molecule has 0 amide bonds. The van der Waals surface area contributed by atoms with Crippen LogP contribution in [0.2, 0.25) is 0 Å². The van der Waals surface area contributed by atoms with Crippen molar-refractivity contribution in [2.45, 2.75) is 92.4 Å². The molecule has 0 aromatic carbocycles. The van der Waals surface area contributed by atoms with Crippen LogP contribution in [0.1, 0.15) is 92.4 Å². The fourth-order valence-electron chi connectivity index (χ4n) is 8.01. The molecular weight excluding hydrogens is 292 g/mol. The molecule has 0 radical (unpaired) electrons. The van der Waals surface area contributed by atoms with E-state index in [1.165, 1.54) is 51.4 Å². The highest BCUT2D eigenvalue weighted by Gasteiger charge is 2.64. The molecule has 3 aliphatic carbocycles. The van der Waals surface area contributed by atoms with Crippen molar-refractivity contribution < 1.29 is 0 Å². The van der Waals surface area contributed by atoms with E-state index in [0.717, 1.165) is 24.2 Å². The van der Waals surface area contributed by atoms with Gasteiger partial charge in [0.15, 0.2) is 0 Å². The third kappa shape index (κ3) is 2.23. The first-order valence-corrected chi connectivity index (χ1v) is 10.6. The van der Waals surface area contributed by atoms with Gasteiger partial charge in [0.05, 0.1) is 5.84 Å². The number of hydrogen-bond acceptors (Lipinski definition) is 1. The van der Waals surface area contributed by atoms with Gasteiger partial charge >= 0.3 is 0 Å². The summed E-state index contributed by atoms with van der Waals surface area (Å²) in [7, 11) is 0. The van der Waals surface area contributed by atoms with Gasteiger partial charge in [0.25, 0.3) is 0 Å². The standard InChI is InChI=1S/C22H40N2/c1-6-12-21(4)15(7-2)8-9-17-16-10-11-18(19(23)24)20(16,3)13-14-22(17,21)5/h15-18H,6-14H2,1-5H3,(H3,23,24). The van der Waals surface area contributed by atoms with E-state index in [1.54, 1.807) is 0 Å². The van der Waals surface area contributed by atoms with Crippen LogP contribution < -0.4 is 5.73 Å². The van der Waals surface area contributed by atoms with E-state index in [0.29, 0.717) is 28.0 Å². The second-order valence-corrected chi connectivity index (χ2v) is 10.1. The summed E-state index contributed by atoms with van der Waals surface area (Å²) in [6, 6.07) is 0. The first-order chi connectivity index (χ1) is 11.2. The summed E-state index contributed by atoms with van der Waals surface area (Å²) < 4.78 is 0. The number of rotatable bonds is 4. The Bertz CT molecular complexity index is 500. The summed E-state index contributed by atoms with van der Waals surface area (Å²) in [5.74, 6) is 3.34. The Kier molecular flexibility index (Phi) is 4.58. The maximum atomic E-state index is 8.10. The highest BCUT2D eigenvalue weighted by Crippen LogP contribution is 2.71. The van der Waals surface area contributed by atoms with Gasteiger partial charge < -0.3 is 5.73 Å². The van der Waals surface area contributed by atoms with E-state index in [4.69, 9.17) is 11.1 Å². The second-order valence-electron chi connectivity index (χ2n) is 10.1. The smallest absolute Gasteiger partial charge is 0.0942 e. The van der Waals surface area contributed by atoms with Crippen molar-refractivity contribution in [1.29, 1.82) is 5.41 Å². The molecule has 24 heavy (non-hydrogen) atoms. The van der Waals surface area contributed by atoms with Crippen LogP contribution in [0.5, 0.6) is 0 Å². The molecule has 0 spiro atoms. The van der Waals surface area contributed by atoms with E-state index in [2.05, 4.69) is 34.6 Å². The maximum Gasteiger partial charge on any atom is 0.0942 e. The molecule has 3 fully saturated rings. The first-order valence-electron chi connectivity index (χ1n) is 10.6. The molecule has 2 nitrogen and oxygen atoms in total. The molecule has 7 atom stereocenters. The predicted molar refractivity (Wildman–Crippen MR) is 103 cm³/mol. The van der Waals surface area contributed by atoms with E-state index in [-0.39, 0.29) is 0 Å². The molecule has 3 aliphatic rings. The van der Waals surface area contributed by atoms with Gasteiger partial charge in [0.1, 0.15) is 0 Å². The van der Waals surface area contributed by atoms with Crippen LogP contribution in [0.4, 0.5) is 0 Å². The van der Waals surface area contributed by atoms with E-state index in [9.17, 15) is 0 Å². The van der Waals surface area contributed by atoms with Gasteiger partial charge in [0.2, 0.25) is 0 Å². The van der Waals surface area contributed by atoms with Crippen LogP contribution in [0.3, 0.4) is 0 Å². The average molecular weight is 333 g/mol. The minimum atomic E-state index is 0.294. The molecule has 0 bridgehead atoms. The van der Waals surface area contributed by atoms with Crippen LogP contribution in [0.25, 0.3) is 0 Å². The maximum absolute atomic E-state index is 8.10. The lowest BCUT2D eigenvalue weighted by molar-refractivity contribution is -0.162. The van der Waals surface area contributed by atoms with Crippen LogP contribution >= 0.6 is 0 Å². The molecule has 3 N–H and O–H groups in total. The zero-order chi connectivity index (χ0) is 17.8. The summed E-state index contributed by atoms with van der Waals surface area (Å²) in [6.07, 6.45) is 12.0. The molecule has 138 valence electrons. The van der Waals surface area contributed by atoms with Gasteiger partial charge in [-0.05, 0) is 78.9 Å².